The van der Waals surface area contributed by atoms with E-state index in [0.717, 1.165) is 0 Å². The van der Waals surface area contributed by atoms with E-state index < -0.39 is 5.91 Å². The summed E-state index contributed by atoms with van der Waals surface area (Å²) in [4.78, 5) is 15.0. The molecule has 18 heavy (non-hydrogen) atoms. The fourth-order valence-electron chi connectivity index (χ4n) is 1.42. The van der Waals surface area contributed by atoms with Gasteiger partial charge < -0.3 is 16.2 Å². The number of rotatable bonds is 6. The molecule has 0 fully saturated rings. The van der Waals surface area contributed by atoms with Crippen LogP contribution in [0.3, 0.4) is 0 Å². The van der Waals surface area contributed by atoms with Crippen molar-refractivity contribution in [2.24, 2.45) is 11.1 Å². The zero-order valence-electron chi connectivity index (χ0n) is 10.5. The highest BCUT2D eigenvalue weighted by Gasteiger charge is 2.17. The molecule has 0 aromatic carbocycles. The lowest BCUT2D eigenvalue weighted by Gasteiger charge is -2.24. The van der Waals surface area contributed by atoms with Gasteiger partial charge in [-0.3, -0.25) is 4.79 Å². The van der Waals surface area contributed by atoms with Crippen LogP contribution in [-0.4, -0.2) is 29.1 Å². The van der Waals surface area contributed by atoms with Gasteiger partial charge in [0.15, 0.2) is 0 Å². The number of amides is 1. The van der Waals surface area contributed by atoms with Crippen molar-refractivity contribution >= 4 is 23.3 Å². The van der Waals surface area contributed by atoms with E-state index in [4.69, 9.17) is 22.4 Å². The quantitative estimate of drug-likeness (QED) is 0.734. The molecule has 1 amide bonds. The third-order valence-electron chi connectivity index (χ3n) is 2.65. The number of aliphatic hydroxyl groups excluding tert-OH is 1. The van der Waals surface area contributed by atoms with Gasteiger partial charge in [-0.15, -0.1) is 0 Å². The van der Waals surface area contributed by atoms with Gasteiger partial charge in [-0.05, 0) is 17.9 Å². The van der Waals surface area contributed by atoms with Gasteiger partial charge in [0.1, 0.15) is 5.82 Å². The molecule has 0 spiro atoms. The number of nitrogens with one attached hydrogen (secondary N) is 1. The number of hydrogen-bond acceptors (Lipinski definition) is 4. The van der Waals surface area contributed by atoms with Crippen LogP contribution in [0.25, 0.3) is 0 Å². The Hall–Kier alpha value is -1.33. The molecule has 1 rings (SSSR count). The molecule has 6 heteroatoms. The van der Waals surface area contributed by atoms with Gasteiger partial charge in [0.2, 0.25) is 5.91 Å². The largest absolute Gasteiger partial charge is 0.396 e. The number of nitrogens with zero attached hydrogens (tertiary/aromatic N) is 1. The fraction of sp³-hybridized carbons (Fsp3) is 0.500. The molecule has 4 N–H and O–H groups in total. The van der Waals surface area contributed by atoms with Gasteiger partial charge in [-0.1, -0.05) is 25.4 Å². The number of carbonyl (C=O) groups is 1. The van der Waals surface area contributed by atoms with Crippen LogP contribution in [0.15, 0.2) is 12.3 Å². The Kier molecular flexibility index (Phi) is 4.93. The standard InChI is InChI=1S/C12H18ClN3O2/c1-12(2,3-4-17)7-16-11-9(13)5-8(6-15-11)10(14)18/h5-6,17H,3-4,7H2,1-2H3,(H2,14,18)(H,15,16). The molecule has 100 valence electrons. The van der Waals surface area contributed by atoms with Crippen LogP contribution in [0.4, 0.5) is 5.82 Å². The van der Waals surface area contributed by atoms with E-state index in [0.29, 0.717) is 23.8 Å². The number of hydrogen-bond donors (Lipinski definition) is 3. The van der Waals surface area contributed by atoms with E-state index >= 15 is 0 Å². The number of anilines is 1. The topological polar surface area (TPSA) is 88.2 Å². The van der Waals surface area contributed by atoms with Crippen molar-refractivity contribution in [3.05, 3.63) is 22.8 Å². The first-order valence-electron chi connectivity index (χ1n) is 5.66. The summed E-state index contributed by atoms with van der Waals surface area (Å²) in [6, 6.07) is 1.48. The molecule has 0 saturated heterocycles. The zero-order chi connectivity index (χ0) is 13.8. The van der Waals surface area contributed by atoms with Crippen molar-refractivity contribution in [1.29, 1.82) is 0 Å². The van der Waals surface area contributed by atoms with Crippen molar-refractivity contribution in [1.82, 2.24) is 4.98 Å². The predicted molar refractivity (Wildman–Crippen MR) is 71.7 cm³/mol. The van der Waals surface area contributed by atoms with E-state index in [1.54, 1.807) is 0 Å². The molecule has 0 unspecified atom stereocenters. The zero-order valence-corrected chi connectivity index (χ0v) is 11.3. The van der Waals surface area contributed by atoms with Crippen molar-refractivity contribution in [2.45, 2.75) is 20.3 Å². The molecule has 0 aliphatic carbocycles. The monoisotopic (exact) mass is 271 g/mol. The molecular weight excluding hydrogens is 254 g/mol. The van der Waals surface area contributed by atoms with Gasteiger partial charge in [-0.2, -0.15) is 0 Å². The van der Waals surface area contributed by atoms with Crippen molar-refractivity contribution in [3.8, 4) is 0 Å². The number of carbonyl (C=O) groups excluding carboxylic acids is 1. The van der Waals surface area contributed by atoms with Crippen LogP contribution < -0.4 is 11.1 Å². The predicted octanol–water partition coefficient (Wildman–Crippen LogP) is 1.65. The molecular formula is C12H18ClN3O2. The minimum absolute atomic E-state index is 0.0673. The maximum Gasteiger partial charge on any atom is 0.250 e. The summed E-state index contributed by atoms with van der Waals surface area (Å²) < 4.78 is 0. The minimum atomic E-state index is -0.559. The van der Waals surface area contributed by atoms with E-state index in [1.807, 2.05) is 13.8 Å². The normalized spacial score (nSPS) is 11.3. The number of aromatic nitrogens is 1. The van der Waals surface area contributed by atoms with E-state index in [-0.39, 0.29) is 17.6 Å². The van der Waals surface area contributed by atoms with Gasteiger partial charge in [0.05, 0.1) is 10.6 Å². The first-order chi connectivity index (χ1) is 8.35. The Labute approximate surface area is 111 Å². The van der Waals surface area contributed by atoms with Crippen LogP contribution in [-0.2, 0) is 0 Å². The van der Waals surface area contributed by atoms with Gasteiger partial charge in [-0.25, -0.2) is 4.98 Å². The van der Waals surface area contributed by atoms with Crippen molar-refractivity contribution in [2.75, 3.05) is 18.5 Å². The molecule has 0 atom stereocenters. The number of nitrogens with two attached hydrogens (primary N) is 1. The van der Waals surface area contributed by atoms with Crippen LogP contribution in [0, 0.1) is 5.41 Å². The highest BCUT2D eigenvalue weighted by atomic mass is 35.5. The van der Waals surface area contributed by atoms with E-state index in [1.165, 1.54) is 12.3 Å². The molecule has 1 aromatic heterocycles. The fourth-order valence-corrected chi connectivity index (χ4v) is 1.65. The molecule has 0 radical (unpaired) electrons. The molecule has 0 bridgehead atoms. The number of halogens is 1. The first-order valence-corrected chi connectivity index (χ1v) is 6.03. The minimum Gasteiger partial charge on any atom is -0.396 e. The second-order valence-corrected chi connectivity index (χ2v) is 5.32. The smallest absolute Gasteiger partial charge is 0.250 e. The maximum absolute atomic E-state index is 10.9. The van der Waals surface area contributed by atoms with Gasteiger partial charge in [0.25, 0.3) is 0 Å². The van der Waals surface area contributed by atoms with Crippen LogP contribution >= 0.6 is 11.6 Å². The summed E-state index contributed by atoms with van der Waals surface area (Å²) in [5.74, 6) is -0.0516. The molecule has 0 saturated carbocycles. The Morgan fingerprint density at radius 1 is 1.61 bits per heavy atom. The summed E-state index contributed by atoms with van der Waals surface area (Å²) in [6.07, 6.45) is 2.06. The SMILES string of the molecule is CC(C)(CCO)CNc1ncc(C(N)=O)cc1Cl. The van der Waals surface area contributed by atoms with Gasteiger partial charge >= 0.3 is 0 Å². The molecule has 1 aromatic rings. The van der Waals surface area contributed by atoms with E-state index in [2.05, 4.69) is 10.3 Å². The van der Waals surface area contributed by atoms with Crippen LogP contribution in [0.5, 0.6) is 0 Å². The highest BCUT2D eigenvalue weighted by molar-refractivity contribution is 6.33. The molecule has 0 aliphatic heterocycles. The average molecular weight is 272 g/mol. The highest BCUT2D eigenvalue weighted by Crippen LogP contribution is 2.24. The van der Waals surface area contributed by atoms with Gasteiger partial charge in [0, 0.05) is 19.3 Å². The summed E-state index contributed by atoms with van der Waals surface area (Å²) in [5, 5.41) is 12.4. The van der Waals surface area contributed by atoms with Crippen LogP contribution in [0.2, 0.25) is 5.02 Å². The number of primary amides is 1. The summed E-state index contributed by atoms with van der Waals surface area (Å²) >= 11 is 6.00. The Balaban J connectivity index is 2.71. The summed E-state index contributed by atoms with van der Waals surface area (Å²) in [5.41, 5.74) is 5.34. The maximum atomic E-state index is 10.9. The van der Waals surface area contributed by atoms with E-state index in [9.17, 15) is 4.79 Å². The number of aliphatic hydroxyl groups is 1. The van der Waals surface area contributed by atoms with Crippen molar-refractivity contribution in [3.63, 3.8) is 0 Å². The lowest BCUT2D eigenvalue weighted by Crippen LogP contribution is -2.24. The number of pyridine rings is 1. The lowest BCUT2D eigenvalue weighted by molar-refractivity contribution is 0.1000. The van der Waals surface area contributed by atoms with Crippen LogP contribution in [0.1, 0.15) is 30.6 Å². The Morgan fingerprint density at radius 2 is 2.28 bits per heavy atom. The lowest BCUT2D eigenvalue weighted by atomic mass is 9.90. The second kappa shape index (κ2) is 6.02. The van der Waals surface area contributed by atoms with Crippen molar-refractivity contribution < 1.29 is 9.90 Å². The third kappa shape index (κ3) is 4.16. The Morgan fingerprint density at radius 3 is 2.78 bits per heavy atom. The Bertz CT molecular complexity index is 435. The average Bonchev–Trinajstić information content (AvgIpc) is 2.27. The molecule has 5 nitrogen and oxygen atoms in total. The third-order valence-corrected chi connectivity index (χ3v) is 2.94. The summed E-state index contributed by atoms with van der Waals surface area (Å²) in [6.45, 7) is 4.82. The molecule has 1 heterocycles. The molecule has 0 aliphatic rings. The summed E-state index contributed by atoms with van der Waals surface area (Å²) in [7, 11) is 0. The first kappa shape index (κ1) is 14.7. The second-order valence-electron chi connectivity index (χ2n) is 4.91.